The molecule has 0 aliphatic heterocycles. The molecule has 1 aliphatic rings. The highest BCUT2D eigenvalue weighted by atomic mass is 19.1. The third-order valence-electron chi connectivity index (χ3n) is 4.59. The Hall–Kier alpha value is -2.86. The highest BCUT2D eigenvalue weighted by Crippen LogP contribution is 2.39. The van der Waals surface area contributed by atoms with E-state index in [2.05, 4.69) is 0 Å². The molecule has 0 radical (unpaired) electrons. The lowest BCUT2D eigenvalue weighted by Gasteiger charge is -2.14. The van der Waals surface area contributed by atoms with E-state index in [9.17, 15) is 24.5 Å². The first-order valence-corrected chi connectivity index (χ1v) is 8.00. The number of benzene rings is 2. The maximum atomic E-state index is 14.7. The molecule has 0 atom stereocenters. The predicted octanol–water partition coefficient (Wildman–Crippen LogP) is 3.05. The van der Waals surface area contributed by atoms with Gasteiger partial charge in [-0.15, -0.1) is 0 Å². The van der Waals surface area contributed by atoms with Gasteiger partial charge in [-0.1, -0.05) is 6.07 Å². The first-order valence-electron chi connectivity index (χ1n) is 8.00. The molecule has 1 aromatic heterocycles. The van der Waals surface area contributed by atoms with Gasteiger partial charge in [0.2, 0.25) is 0 Å². The molecule has 25 heavy (non-hydrogen) atoms. The van der Waals surface area contributed by atoms with Crippen LogP contribution < -0.4 is 5.56 Å². The van der Waals surface area contributed by atoms with Crippen molar-refractivity contribution in [3.05, 3.63) is 58.1 Å². The molecule has 0 amide bonds. The van der Waals surface area contributed by atoms with Crippen molar-refractivity contribution in [3.63, 3.8) is 0 Å². The molecule has 1 fully saturated rings. The third-order valence-corrected chi connectivity index (χ3v) is 4.59. The van der Waals surface area contributed by atoms with Crippen LogP contribution in [0.4, 0.5) is 4.39 Å². The quantitative estimate of drug-likeness (QED) is 0.640. The molecule has 5 nitrogen and oxygen atoms in total. The molecule has 1 heterocycles. The molecule has 2 aromatic carbocycles. The van der Waals surface area contributed by atoms with Gasteiger partial charge in [-0.25, -0.2) is 4.39 Å². The maximum absolute atomic E-state index is 14.7. The van der Waals surface area contributed by atoms with Crippen molar-refractivity contribution in [1.82, 2.24) is 4.57 Å². The van der Waals surface area contributed by atoms with E-state index in [0.29, 0.717) is 22.0 Å². The van der Waals surface area contributed by atoms with E-state index in [-0.39, 0.29) is 35.3 Å². The summed E-state index contributed by atoms with van der Waals surface area (Å²) in [6, 6.07) is 8.37. The van der Waals surface area contributed by atoms with Gasteiger partial charge in [-0.05, 0) is 48.2 Å². The normalized spacial score (nSPS) is 14.2. The van der Waals surface area contributed by atoms with Gasteiger partial charge in [-0.3, -0.25) is 4.79 Å². The van der Waals surface area contributed by atoms with Crippen LogP contribution in [0.15, 0.2) is 41.2 Å². The van der Waals surface area contributed by atoms with Crippen LogP contribution in [0.25, 0.3) is 22.0 Å². The van der Waals surface area contributed by atoms with E-state index in [1.54, 1.807) is 10.6 Å². The number of hydrogen-bond acceptors (Lipinski definition) is 4. The van der Waals surface area contributed by atoms with E-state index >= 15 is 0 Å². The zero-order valence-corrected chi connectivity index (χ0v) is 13.2. The Kier molecular flexibility index (Phi) is 3.51. The molecule has 0 spiro atoms. The van der Waals surface area contributed by atoms with Crippen molar-refractivity contribution >= 4 is 10.9 Å². The number of fused-ring (bicyclic) bond motifs is 1. The largest absolute Gasteiger partial charge is 0.504 e. The van der Waals surface area contributed by atoms with Gasteiger partial charge in [0, 0.05) is 23.1 Å². The van der Waals surface area contributed by atoms with Crippen LogP contribution in [0.2, 0.25) is 0 Å². The van der Waals surface area contributed by atoms with Gasteiger partial charge in [-0.2, -0.15) is 0 Å². The molecule has 1 aliphatic carbocycles. The van der Waals surface area contributed by atoms with E-state index in [1.165, 1.54) is 30.3 Å². The van der Waals surface area contributed by atoms with E-state index < -0.39 is 5.82 Å². The topological polar surface area (TPSA) is 82.7 Å². The summed E-state index contributed by atoms with van der Waals surface area (Å²) >= 11 is 0. The third kappa shape index (κ3) is 2.55. The van der Waals surface area contributed by atoms with Crippen molar-refractivity contribution in [2.24, 2.45) is 0 Å². The SMILES string of the molecule is O=c1cc(CO)c2cc(F)c(-c3ccc(O)c(O)c3)cc2n1C1CC1. The summed E-state index contributed by atoms with van der Waals surface area (Å²) in [5.74, 6) is -1.17. The van der Waals surface area contributed by atoms with Crippen LogP contribution in [0.1, 0.15) is 24.4 Å². The van der Waals surface area contributed by atoms with E-state index in [1.807, 2.05) is 0 Å². The average Bonchev–Trinajstić information content (AvgIpc) is 3.41. The molecule has 6 heteroatoms. The molecular formula is C19H16FNO4. The summed E-state index contributed by atoms with van der Waals surface area (Å²) < 4.78 is 16.3. The van der Waals surface area contributed by atoms with Gasteiger partial charge in [0.1, 0.15) is 5.82 Å². The second kappa shape index (κ2) is 5.60. The van der Waals surface area contributed by atoms with E-state index in [0.717, 1.165) is 12.8 Å². The number of pyridine rings is 1. The number of halogens is 1. The minimum absolute atomic E-state index is 0.0919. The fraction of sp³-hybridized carbons (Fsp3) is 0.211. The van der Waals surface area contributed by atoms with Crippen molar-refractivity contribution in [3.8, 4) is 22.6 Å². The van der Waals surface area contributed by atoms with Crippen LogP contribution in [-0.4, -0.2) is 19.9 Å². The van der Waals surface area contributed by atoms with Gasteiger partial charge >= 0.3 is 0 Å². The average molecular weight is 341 g/mol. The van der Waals surface area contributed by atoms with Crippen LogP contribution in [0.3, 0.4) is 0 Å². The second-order valence-electron chi connectivity index (χ2n) is 6.32. The first kappa shape index (κ1) is 15.7. The number of aromatic hydroxyl groups is 2. The molecule has 0 bridgehead atoms. The Morgan fingerprint density at radius 1 is 1.08 bits per heavy atom. The molecule has 1 saturated carbocycles. The van der Waals surface area contributed by atoms with Gasteiger partial charge in [0.25, 0.3) is 5.56 Å². The first-order chi connectivity index (χ1) is 12.0. The smallest absolute Gasteiger partial charge is 0.251 e. The number of aliphatic hydroxyl groups is 1. The lowest BCUT2D eigenvalue weighted by Crippen LogP contribution is -2.20. The number of hydrogen-bond donors (Lipinski definition) is 3. The van der Waals surface area contributed by atoms with Crippen LogP contribution in [0.5, 0.6) is 11.5 Å². The second-order valence-corrected chi connectivity index (χ2v) is 6.32. The number of nitrogens with zero attached hydrogens (tertiary/aromatic N) is 1. The molecule has 0 unspecified atom stereocenters. The Balaban J connectivity index is 2.03. The lowest BCUT2D eigenvalue weighted by molar-refractivity contribution is 0.283. The molecule has 4 rings (SSSR count). The predicted molar refractivity (Wildman–Crippen MR) is 91.1 cm³/mol. The molecule has 3 aromatic rings. The zero-order valence-electron chi connectivity index (χ0n) is 13.2. The summed E-state index contributed by atoms with van der Waals surface area (Å²) in [7, 11) is 0. The summed E-state index contributed by atoms with van der Waals surface area (Å²) in [6.45, 7) is -0.351. The summed E-state index contributed by atoms with van der Waals surface area (Å²) in [6.07, 6.45) is 1.78. The minimum Gasteiger partial charge on any atom is -0.504 e. The lowest BCUT2D eigenvalue weighted by atomic mass is 10.00. The monoisotopic (exact) mass is 341 g/mol. The van der Waals surface area contributed by atoms with Gasteiger partial charge in [0.05, 0.1) is 12.1 Å². The Labute approximate surface area is 142 Å². The highest BCUT2D eigenvalue weighted by Gasteiger charge is 2.27. The minimum atomic E-state index is -0.534. The maximum Gasteiger partial charge on any atom is 0.251 e. The Morgan fingerprint density at radius 3 is 2.48 bits per heavy atom. The highest BCUT2D eigenvalue weighted by molar-refractivity contribution is 5.88. The summed E-state index contributed by atoms with van der Waals surface area (Å²) in [5, 5.41) is 29.1. The van der Waals surface area contributed by atoms with E-state index in [4.69, 9.17) is 0 Å². The van der Waals surface area contributed by atoms with Crippen molar-refractivity contribution in [1.29, 1.82) is 0 Å². The number of phenolic OH excluding ortho intramolecular Hbond substituents is 2. The van der Waals surface area contributed by atoms with Crippen LogP contribution in [0, 0.1) is 5.82 Å². The number of aliphatic hydroxyl groups excluding tert-OH is 1. The van der Waals surface area contributed by atoms with Crippen molar-refractivity contribution in [2.45, 2.75) is 25.5 Å². The van der Waals surface area contributed by atoms with Crippen LogP contribution >= 0.6 is 0 Å². The fourth-order valence-electron chi connectivity index (χ4n) is 3.19. The Morgan fingerprint density at radius 2 is 1.84 bits per heavy atom. The van der Waals surface area contributed by atoms with Gasteiger partial charge < -0.3 is 19.9 Å². The fourth-order valence-corrected chi connectivity index (χ4v) is 3.19. The summed E-state index contributed by atoms with van der Waals surface area (Å²) in [5.41, 5.74) is 1.33. The molecular weight excluding hydrogens is 325 g/mol. The molecule has 0 saturated heterocycles. The van der Waals surface area contributed by atoms with Gasteiger partial charge in [0.15, 0.2) is 11.5 Å². The standard InChI is InChI=1S/C19H16FNO4/c20-15-7-14-11(9-22)6-19(25)21(12-2-3-12)16(14)8-13(15)10-1-4-17(23)18(24)5-10/h1,4-8,12,22-24H,2-3,9H2. The molecule has 128 valence electrons. The van der Waals surface area contributed by atoms with Crippen molar-refractivity contribution in [2.75, 3.05) is 0 Å². The Bertz CT molecular complexity index is 1050. The summed E-state index contributed by atoms with van der Waals surface area (Å²) in [4.78, 5) is 12.4. The van der Waals surface area contributed by atoms with Crippen LogP contribution in [-0.2, 0) is 6.61 Å². The molecule has 3 N–H and O–H groups in total. The zero-order chi connectivity index (χ0) is 17.7. The van der Waals surface area contributed by atoms with Crippen molar-refractivity contribution < 1.29 is 19.7 Å². The number of aromatic nitrogens is 1. The number of rotatable bonds is 3. The number of phenols is 2.